The number of carbonyl (C=O) groups excluding carboxylic acids is 1. The molecule has 1 aliphatic rings. The summed E-state index contributed by atoms with van der Waals surface area (Å²) < 4.78 is 0. The Kier molecular flexibility index (Phi) is 5.34. The molecule has 0 aliphatic carbocycles. The molecule has 1 amide bonds. The number of hydrogen-bond acceptors (Lipinski definition) is 4. The molecule has 5 nitrogen and oxygen atoms in total. The van der Waals surface area contributed by atoms with E-state index in [1.165, 1.54) is 12.5 Å². The van der Waals surface area contributed by atoms with E-state index < -0.39 is 0 Å². The molecule has 116 valence electrons. The van der Waals surface area contributed by atoms with Crippen LogP contribution in [0.25, 0.3) is 0 Å². The van der Waals surface area contributed by atoms with Crippen LogP contribution < -0.4 is 5.73 Å². The maximum atomic E-state index is 12.5. The summed E-state index contributed by atoms with van der Waals surface area (Å²) >= 11 is 5.98. The molecule has 1 aliphatic heterocycles. The summed E-state index contributed by atoms with van der Waals surface area (Å²) in [5.74, 6) is -0.0629. The average molecular weight is 339 g/mol. The maximum Gasteiger partial charge on any atom is 0.274 e. The van der Waals surface area contributed by atoms with Crippen molar-refractivity contribution < 1.29 is 4.79 Å². The van der Waals surface area contributed by atoms with Gasteiger partial charge >= 0.3 is 0 Å². The fourth-order valence-electron chi connectivity index (χ4n) is 2.67. The number of nitrogens with zero attached hydrogens (tertiary/aromatic N) is 3. The van der Waals surface area contributed by atoms with Gasteiger partial charge in [0.25, 0.3) is 5.91 Å². The van der Waals surface area contributed by atoms with Gasteiger partial charge in [0, 0.05) is 31.2 Å². The number of halogens is 2. The number of amides is 1. The van der Waals surface area contributed by atoms with Crippen LogP contribution in [0.5, 0.6) is 0 Å². The van der Waals surface area contributed by atoms with Crippen molar-refractivity contribution in [3.63, 3.8) is 0 Å². The third-order valence-corrected chi connectivity index (χ3v) is 4.03. The van der Waals surface area contributed by atoms with Crippen molar-refractivity contribution in [2.75, 3.05) is 13.1 Å². The van der Waals surface area contributed by atoms with Crippen molar-refractivity contribution in [1.82, 2.24) is 14.9 Å². The van der Waals surface area contributed by atoms with E-state index in [0.717, 1.165) is 5.56 Å². The first-order chi connectivity index (χ1) is 10.2. The van der Waals surface area contributed by atoms with Crippen LogP contribution in [-0.2, 0) is 0 Å². The van der Waals surface area contributed by atoms with E-state index in [2.05, 4.69) is 9.97 Å². The average Bonchev–Trinajstić information content (AvgIpc) is 2.90. The van der Waals surface area contributed by atoms with Crippen molar-refractivity contribution in [3.05, 3.63) is 59.1 Å². The van der Waals surface area contributed by atoms with Crippen LogP contribution in [0.4, 0.5) is 0 Å². The van der Waals surface area contributed by atoms with Gasteiger partial charge in [0.15, 0.2) is 0 Å². The van der Waals surface area contributed by atoms with Gasteiger partial charge in [0.1, 0.15) is 12.0 Å². The summed E-state index contributed by atoms with van der Waals surface area (Å²) in [7, 11) is 0. The normalized spacial score (nSPS) is 20.5. The second-order valence-corrected chi connectivity index (χ2v) is 5.52. The van der Waals surface area contributed by atoms with Crippen molar-refractivity contribution in [1.29, 1.82) is 0 Å². The SMILES string of the molecule is Cl.N[C@@H]1CN(C(=O)c2ncncc2Cl)C[C@H]1c1ccccc1. The van der Waals surface area contributed by atoms with E-state index >= 15 is 0 Å². The second kappa shape index (κ2) is 7.05. The Hall–Kier alpha value is -1.69. The van der Waals surface area contributed by atoms with E-state index in [0.29, 0.717) is 13.1 Å². The van der Waals surface area contributed by atoms with Gasteiger partial charge in [0.2, 0.25) is 0 Å². The molecular weight excluding hydrogens is 323 g/mol. The number of carbonyl (C=O) groups is 1. The molecular formula is C15H16Cl2N4O. The third kappa shape index (κ3) is 3.21. The van der Waals surface area contributed by atoms with Crippen LogP contribution in [0.3, 0.4) is 0 Å². The molecule has 3 rings (SSSR count). The van der Waals surface area contributed by atoms with Gasteiger partial charge in [-0.3, -0.25) is 4.79 Å². The number of hydrogen-bond donors (Lipinski definition) is 1. The Morgan fingerprint density at radius 1 is 1.27 bits per heavy atom. The highest BCUT2D eigenvalue weighted by Gasteiger charge is 2.35. The predicted molar refractivity (Wildman–Crippen MR) is 87.4 cm³/mol. The van der Waals surface area contributed by atoms with Crippen LogP contribution in [0.2, 0.25) is 5.02 Å². The van der Waals surface area contributed by atoms with E-state index in [1.54, 1.807) is 4.90 Å². The van der Waals surface area contributed by atoms with Crippen LogP contribution in [-0.4, -0.2) is 39.9 Å². The summed E-state index contributed by atoms with van der Waals surface area (Å²) in [5, 5.41) is 0.263. The molecule has 0 saturated carbocycles. The van der Waals surface area contributed by atoms with E-state index in [4.69, 9.17) is 17.3 Å². The topological polar surface area (TPSA) is 72.1 Å². The minimum atomic E-state index is -0.198. The Morgan fingerprint density at radius 3 is 2.68 bits per heavy atom. The summed E-state index contributed by atoms with van der Waals surface area (Å²) in [4.78, 5) is 22.0. The molecule has 2 heterocycles. The second-order valence-electron chi connectivity index (χ2n) is 5.11. The zero-order chi connectivity index (χ0) is 14.8. The largest absolute Gasteiger partial charge is 0.335 e. The Morgan fingerprint density at radius 2 is 2.00 bits per heavy atom. The van der Waals surface area contributed by atoms with Crippen LogP contribution in [0.15, 0.2) is 42.9 Å². The van der Waals surface area contributed by atoms with Gasteiger partial charge in [-0.1, -0.05) is 41.9 Å². The van der Waals surface area contributed by atoms with Crippen molar-refractivity contribution in [2.45, 2.75) is 12.0 Å². The highest BCUT2D eigenvalue weighted by atomic mass is 35.5. The van der Waals surface area contributed by atoms with Gasteiger partial charge in [-0.25, -0.2) is 9.97 Å². The molecule has 2 atom stereocenters. The first-order valence-corrected chi connectivity index (χ1v) is 7.10. The molecule has 0 bridgehead atoms. The molecule has 1 saturated heterocycles. The molecule has 0 radical (unpaired) electrons. The van der Waals surface area contributed by atoms with Crippen LogP contribution in [0, 0.1) is 0 Å². The molecule has 0 unspecified atom stereocenters. The molecule has 22 heavy (non-hydrogen) atoms. The lowest BCUT2D eigenvalue weighted by Crippen LogP contribution is -2.32. The molecule has 1 aromatic carbocycles. The number of nitrogens with two attached hydrogens (primary N) is 1. The summed E-state index contributed by atoms with van der Waals surface area (Å²) in [6.45, 7) is 1.07. The number of rotatable bonds is 2. The molecule has 0 spiro atoms. The fourth-order valence-corrected chi connectivity index (χ4v) is 2.85. The lowest BCUT2D eigenvalue weighted by Gasteiger charge is -2.16. The van der Waals surface area contributed by atoms with Crippen LogP contribution in [0.1, 0.15) is 22.0 Å². The van der Waals surface area contributed by atoms with Crippen molar-refractivity contribution in [3.8, 4) is 0 Å². The zero-order valence-corrected chi connectivity index (χ0v) is 13.3. The molecule has 2 aromatic rings. The zero-order valence-electron chi connectivity index (χ0n) is 11.7. The predicted octanol–water partition coefficient (Wildman–Crippen LogP) is 2.12. The van der Waals surface area contributed by atoms with Crippen molar-refractivity contribution in [2.24, 2.45) is 5.73 Å². The summed E-state index contributed by atoms with van der Waals surface area (Å²) in [6.07, 6.45) is 2.75. The highest BCUT2D eigenvalue weighted by molar-refractivity contribution is 6.33. The minimum absolute atomic E-state index is 0. The van der Waals surface area contributed by atoms with E-state index in [9.17, 15) is 4.79 Å². The lowest BCUT2D eigenvalue weighted by molar-refractivity contribution is 0.0783. The minimum Gasteiger partial charge on any atom is -0.335 e. The smallest absolute Gasteiger partial charge is 0.274 e. The Labute approximate surface area is 139 Å². The monoisotopic (exact) mass is 338 g/mol. The van der Waals surface area contributed by atoms with Gasteiger partial charge < -0.3 is 10.6 Å². The Bertz CT molecular complexity index is 653. The van der Waals surface area contributed by atoms with E-state index in [-0.39, 0.29) is 41.0 Å². The Balaban J connectivity index is 0.00000176. The molecule has 7 heteroatoms. The van der Waals surface area contributed by atoms with Gasteiger partial charge in [-0.2, -0.15) is 0 Å². The lowest BCUT2D eigenvalue weighted by atomic mass is 9.95. The van der Waals surface area contributed by atoms with E-state index in [1.807, 2.05) is 30.3 Å². The van der Waals surface area contributed by atoms with Crippen LogP contribution >= 0.6 is 24.0 Å². The summed E-state index contributed by atoms with van der Waals surface area (Å²) in [6, 6.07) is 9.92. The summed E-state index contributed by atoms with van der Waals surface area (Å²) in [5.41, 5.74) is 7.57. The number of benzene rings is 1. The quantitative estimate of drug-likeness (QED) is 0.910. The fraction of sp³-hybridized carbons (Fsp3) is 0.267. The first kappa shape index (κ1) is 16.7. The highest BCUT2D eigenvalue weighted by Crippen LogP contribution is 2.27. The van der Waals surface area contributed by atoms with Crippen molar-refractivity contribution >= 4 is 29.9 Å². The maximum absolute atomic E-state index is 12.5. The van der Waals surface area contributed by atoms with Gasteiger partial charge in [-0.15, -0.1) is 12.4 Å². The number of aromatic nitrogens is 2. The molecule has 1 fully saturated rings. The molecule has 2 N–H and O–H groups in total. The standard InChI is InChI=1S/C15H15ClN4O.ClH/c16-12-6-18-9-19-14(12)15(21)20-7-11(13(17)8-20)10-4-2-1-3-5-10;/h1-6,9,11,13H,7-8,17H2;1H/t11-,13+;/m0./s1. The number of likely N-dealkylation sites (tertiary alicyclic amines) is 1. The first-order valence-electron chi connectivity index (χ1n) is 6.72. The van der Waals surface area contributed by atoms with Gasteiger partial charge in [0.05, 0.1) is 5.02 Å². The third-order valence-electron chi connectivity index (χ3n) is 3.75. The van der Waals surface area contributed by atoms with Gasteiger partial charge in [-0.05, 0) is 5.56 Å². The molecule has 1 aromatic heterocycles.